The van der Waals surface area contributed by atoms with Gasteiger partial charge in [0.15, 0.2) is 0 Å². The van der Waals surface area contributed by atoms with Crippen molar-refractivity contribution in [2.24, 2.45) is 0 Å². The van der Waals surface area contributed by atoms with Crippen LogP contribution in [0.1, 0.15) is 13.3 Å². The molecule has 120 valence electrons. The van der Waals surface area contributed by atoms with Crippen molar-refractivity contribution in [1.29, 1.82) is 0 Å². The lowest BCUT2D eigenvalue weighted by atomic mass is 10.1. The number of para-hydroxylation sites is 1. The number of aromatic amines is 1. The first-order valence-corrected chi connectivity index (χ1v) is 7.54. The Morgan fingerprint density at radius 1 is 1.23 bits per heavy atom. The number of nitrogens with one attached hydrogen (secondary N) is 2. The molecular weight excluding hydrogens is 280 g/mol. The van der Waals surface area contributed by atoms with Crippen LogP contribution in [-0.4, -0.2) is 42.7 Å². The highest BCUT2D eigenvalue weighted by Crippen LogP contribution is 2.28. The standard InChI is InChI=1S/C17H24N2O3/c1-3-17(21-2)19-11-13(20)12-22-16-9-5-4-7-14(16)15-8-6-10-18-15/h4-10,13,17-20H,3,11-12H2,1-2H3. The zero-order valence-corrected chi connectivity index (χ0v) is 13.1. The van der Waals surface area contributed by atoms with Crippen LogP contribution in [0, 0.1) is 0 Å². The lowest BCUT2D eigenvalue weighted by Crippen LogP contribution is -2.38. The van der Waals surface area contributed by atoms with Gasteiger partial charge in [-0.3, -0.25) is 5.32 Å². The van der Waals surface area contributed by atoms with Gasteiger partial charge in [0.2, 0.25) is 0 Å². The van der Waals surface area contributed by atoms with Crippen LogP contribution in [0.5, 0.6) is 5.75 Å². The van der Waals surface area contributed by atoms with Gasteiger partial charge in [0.25, 0.3) is 0 Å². The lowest BCUT2D eigenvalue weighted by Gasteiger charge is -2.19. The molecule has 1 aromatic heterocycles. The Morgan fingerprint density at radius 3 is 2.73 bits per heavy atom. The van der Waals surface area contributed by atoms with Crippen LogP contribution in [0.25, 0.3) is 11.3 Å². The van der Waals surface area contributed by atoms with Crippen molar-refractivity contribution < 1.29 is 14.6 Å². The van der Waals surface area contributed by atoms with Gasteiger partial charge in [-0.1, -0.05) is 19.1 Å². The van der Waals surface area contributed by atoms with Gasteiger partial charge in [-0.25, -0.2) is 0 Å². The predicted molar refractivity (Wildman–Crippen MR) is 86.8 cm³/mol. The van der Waals surface area contributed by atoms with Crippen molar-refractivity contribution in [3.63, 3.8) is 0 Å². The zero-order valence-electron chi connectivity index (χ0n) is 13.1. The summed E-state index contributed by atoms with van der Waals surface area (Å²) in [7, 11) is 1.65. The molecule has 0 aliphatic heterocycles. The summed E-state index contributed by atoms with van der Waals surface area (Å²) >= 11 is 0. The summed E-state index contributed by atoms with van der Waals surface area (Å²) in [5.74, 6) is 0.753. The summed E-state index contributed by atoms with van der Waals surface area (Å²) in [6.07, 6.45) is 2.09. The number of hydrogen-bond acceptors (Lipinski definition) is 4. The fourth-order valence-electron chi connectivity index (χ4n) is 2.22. The monoisotopic (exact) mass is 304 g/mol. The topological polar surface area (TPSA) is 66.5 Å². The van der Waals surface area contributed by atoms with Crippen LogP contribution < -0.4 is 10.1 Å². The molecule has 5 nitrogen and oxygen atoms in total. The first-order chi connectivity index (χ1) is 10.7. The van der Waals surface area contributed by atoms with Crippen LogP contribution >= 0.6 is 0 Å². The number of aromatic nitrogens is 1. The fourth-order valence-corrected chi connectivity index (χ4v) is 2.22. The smallest absolute Gasteiger partial charge is 0.128 e. The number of hydrogen-bond donors (Lipinski definition) is 3. The molecule has 0 saturated heterocycles. The van der Waals surface area contributed by atoms with E-state index in [9.17, 15) is 5.11 Å². The first-order valence-electron chi connectivity index (χ1n) is 7.54. The van der Waals surface area contributed by atoms with Gasteiger partial charge in [0, 0.05) is 31.1 Å². The number of aliphatic hydroxyl groups is 1. The molecule has 22 heavy (non-hydrogen) atoms. The Kier molecular flexibility index (Phi) is 6.45. The van der Waals surface area contributed by atoms with E-state index in [4.69, 9.17) is 9.47 Å². The highest BCUT2D eigenvalue weighted by atomic mass is 16.5. The highest BCUT2D eigenvalue weighted by Gasteiger charge is 2.11. The number of H-pyrrole nitrogens is 1. The largest absolute Gasteiger partial charge is 0.490 e. The molecule has 2 rings (SSSR count). The van der Waals surface area contributed by atoms with Crippen LogP contribution in [0.15, 0.2) is 42.6 Å². The van der Waals surface area contributed by atoms with Crippen molar-refractivity contribution in [3.05, 3.63) is 42.6 Å². The lowest BCUT2D eigenvalue weighted by molar-refractivity contribution is 0.0443. The van der Waals surface area contributed by atoms with Crippen LogP contribution in [0.2, 0.25) is 0 Å². The van der Waals surface area contributed by atoms with Crippen molar-refractivity contribution in [1.82, 2.24) is 10.3 Å². The molecule has 0 amide bonds. The predicted octanol–water partition coefficient (Wildman–Crippen LogP) is 2.39. The quantitative estimate of drug-likeness (QED) is 0.622. The maximum Gasteiger partial charge on any atom is 0.128 e. The third kappa shape index (κ3) is 4.59. The van der Waals surface area contributed by atoms with E-state index < -0.39 is 6.10 Å². The number of aliphatic hydroxyl groups excluding tert-OH is 1. The molecule has 3 N–H and O–H groups in total. The average molecular weight is 304 g/mol. The van der Waals surface area contributed by atoms with E-state index in [0.29, 0.717) is 6.54 Å². The summed E-state index contributed by atoms with van der Waals surface area (Å²) in [6, 6.07) is 11.7. The van der Waals surface area contributed by atoms with Crippen LogP contribution in [0.4, 0.5) is 0 Å². The van der Waals surface area contributed by atoms with Gasteiger partial charge >= 0.3 is 0 Å². The Hall–Kier alpha value is -1.82. The second-order valence-electron chi connectivity index (χ2n) is 5.09. The van der Waals surface area contributed by atoms with E-state index in [0.717, 1.165) is 23.4 Å². The van der Waals surface area contributed by atoms with Crippen molar-refractivity contribution >= 4 is 0 Å². The van der Waals surface area contributed by atoms with Gasteiger partial charge in [0.05, 0.1) is 0 Å². The molecule has 2 aromatic rings. The van der Waals surface area contributed by atoms with E-state index in [1.54, 1.807) is 7.11 Å². The maximum absolute atomic E-state index is 10.0. The van der Waals surface area contributed by atoms with Crippen molar-refractivity contribution in [3.8, 4) is 17.0 Å². The summed E-state index contributed by atoms with van der Waals surface area (Å²) < 4.78 is 11.0. The summed E-state index contributed by atoms with van der Waals surface area (Å²) in [4.78, 5) is 3.17. The number of methoxy groups -OCH3 is 1. The van der Waals surface area contributed by atoms with Gasteiger partial charge in [-0.05, 0) is 30.7 Å². The van der Waals surface area contributed by atoms with Gasteiger partial charge in [0.1, 0.15) is 24.7 Å². The third-order valence-corrected chi connectivity index (χ3v) is 3.44. The van der Waals surface area contributed by atoms with Crippen LogP contribution in [0.3, 0.4) is 0 Å². The summed E-state index contributed by atoms with van der Waals surface area (Å²) in [6.45, 7) is 2.68. The SMILES string of the molecule is CCC(NCC(O)COc1ccccc1-c1ccc[nH]1)OC. The van der Waals surface area contributed by atoms with E-state index in [1.807, 2.05) is 49.5 Å². The van der Waals surface area contributed by atoms with Crippen molar-refractivity contribution in [2.75, 3.05) is 20.3 Å². The molecule has 0 saturated carbocycles. The molecule has 0 bridgehead atoms. The average Bonchev–Trinajstić information content (AvgIpc) is 3.08. The number of benzene rings is 1. The number of ether oxygens (including phenoxy) is 2. The van der Waals surface area contributed by atoms with E-state index in [-0.39, 0.29) is 12.8 Å². The first kappa shape index (κ1) is 16.5. The Bertz CT molecular complexity index is 539. The van der Waals surface area contributed by atoms with Gasteiger partial charge < -0.3 is 19.6 Å². The molecule has 0 fully saturated rings. The molecular formula is C17H24N2O3. The molecule has 2 atom stereocenters. The van der Waals surface area contributed by atoms with Crippen molar-refractivity contribution in [2.45, 2.75) is 25.7 Å². The normalized spacial score (nSPS) is 13.8. The summed E-state index contributed by atoms with van der Waals surface area (Å²) in [5.41, 5.74) is 1.98. The minimum Gasteiger partial charge on any atom is -0.490 e. The maximum atomic E-state index is 10.0. The molecule has 0 aliphatic carbocycles. The molecule has 1 aromatic carbocycles. The summed E-state index contributed by atoms with van der Waals surface area (Å²) in [5, 5.41) is 13.2. The minimum absolute atomic E-state index is 0.0409. The van der Waals surface area contributed by atoms with E-state index >= 15 is 0 Å². The Labute approximate surface area is 131 Å². The van der Waals surface area contributed by atoms with Gasteiger partial charge in [-0.2, -0.15) is 0 Å². The minimum atomic E-state index is -0.596. The molecule has 5 heteroatoms. The van der Waals surface area contributed by atoms with Gasteiger partial charge in [-0.15, -0.1) is 0 Å². The zero-order chi connectivity index (χ0) is 15.8. The second kappa shape index (κ2) is 8.58. The highest BCUT2D eigenvalue weighted by molar-refractivity contribution is 5.67. The molecule has 1 heterocycles. The Morgan fingerprint density at radius 2 is 2.05 bits per heavy atom. The molecule has 0 aliphatic rings. The third-order valence-electron chi connectivity index (χ3n) is 3.44. The number of rotatable bonds is 9. The second-order valence-corrected chi connectivity index (χ2v) is 5.09. The van der Waals surface area contributed by atoms with E-state index in [2.05, 4.69) is 10.3 Å². The van der Waals surface area contributed by atoms with Crippen LogP contribution in [-0.2, 0) is 4.74 Å². The molecule has 0 spiro atoms. The molecule has 2 unspecified atom stereocenters. The fraction of sp³-hybridized carbons (Fsp3) is 0.412. The molecule has 0 radical (unpaired) electrons. The Balaban J connectivity index is 1.89. The van der Waals surface area contributed by atoms with E-state index in [1.165, 1.54) is 0 Å².